The monoisotopic (exact) mass is 369 g/mol. The highest BCUT2D eigenvalue weighted by atomic mass is 35.5. The summed E-state index contributed by atoms with van der Waals surface area (Å²) in [4.78, 5) is 23.2. The maximum absolute atomic E-state index is 12.4. The van der Waals surface area contributed by atoms with E-state index in [0.29, 0.717) is 28.6 Å². The van der Waals surface area contributed by atoms with Gasteiger partial charge in [-0.25, -0.2) is 9.48 Å². The van der Waals surface area contributed by atoms with Gasteiger partial charge in [-0.3, -0.25) is 4.79 Å². The molecular weight excluding hydrogens is 354 g/mol. The van der Waals surface area contributed by atoms with Gasteiger partial charge in [0.2, 0.25) is 0 Å². The number of hydrogen-bond donors (Lipinski definition) is 3. The number of nitrogens with one attached hydrogen (secondary N) is 2. The van der Waals surface area contributed by atoms with E-state index in [4.69, 9.17) is 17.3 Å². The number of aromatic nitrogens is 2. The van der Waals surface area contributed by atoms with Crippen LogP contribution < -0.4 is 16.4 Å². The van der Waals surface area contributed by atoms with Gasteiger partial charge in [0.25, 0.3) is 5.91 Å². The third-order valence-electron chi connectivity index (χ3n) is 3.62. The van der Waals surface area contributed by atoms with Crippen LogP contribution in [-0.2, 0) is 6.54 Å². The first kappa shape index (κ1) is 17.5. The minimum absolute atomic E-state index is 0.284. The second-order valence-electron chi connectivity index (χ2n) is 5.52. The van der Waals surface area contributed by atoms with Crippen molar-refractivity contribution in [2.45, 2.75) is 6.54 Å². The molecular formula is C18H16ClN5O2. The van der Waals surface area contributed by atoms with Crippen LogP contribution in [0.2, 0.25) is 5.02 Å². The van der Waals surface area contributed by atoms with Gasteiger partial charge in [-0.1, -0.05) is 23.7 Å². The van der Waals surface area contributed by atoms with Crippen LogP contribution in [0.25, 0.3) is 0 Å². The quantitative estimate of drug-likeness (QED) is 0.642. The first-order valence-corrected chi connectivity index (χ1v) is 8.13. The molecule has 1 aromatic heterocycles. The Kier molecular flexibility index (Phi) is 5.19. The Morgan fingerprint density at radius 2 is 1.69 bits per heavy atom. The molecule has 0 atom stereocenters. The molecule has 4 N–H and O–H groups in total. The molecule has 3 rings (SSSR count). The highest BCUT2D eigenvalue weighted by Gasteiger charge is 2.10. The van der Waals surface area contributed by atoms with E-state index in [-0.39, 0.29) is 5.91 Å². The van der Waals surface area contributed by atoms with Crippen LogP contribution in [-0.4, -0.2) is 21.7 Å². The number of urea groups is 1. The number of nitrogens with two attached hydrogens (primary N) is 1. The fourth-order valence-electron chi connectivity index (χ4n) is 2.36. The zero-order valence-corrected chi connectivity index (χ0v) is 14.4. The van der Waals surface area contributed by atoms with Crippen LogP contribution in [0.1, 0.15) is 15.9 Å². The molecule has 2 aromatic carbocycles. The zero-order valence-electron chi connectivity index (χ0n) is 13.6. The number of benzene rings is 2. The van der Waals surface area contributed by atoms with Crippen molar-refractivity contribution in [3.05, 3.63) is 76.9 Å². The minimum atomic E-state index is -0.659. The maximum atomic E-state index is 12.4. The van der Waals surface area contributed by atoms with Gasteiger partial charge in [0.05, 0.1) is 12.7 Å². The lowest BCUT2D eigenvalue weighted by molar-refractivity contribution is 0.102. The molecule has 0 aliphatic carbocycles. The van der Waals surface area contributed by atoms with Crippen molar-refractivity contribution in [2.75, 3.05) is 10.6 Å². The summed E-state index contributed by atoms with van der Waals surface area (Å²) in [6.07, 6.45) is 1.62. The molecule has 132 valence electrons. The topological polar surface area (TPSA) is 102 Å². The fraction of sp³-hybridized carbons (Fsp3) is 0.0556. The number of nitrogens with zero attached hydrogens (tertiary/aromatic N) is 2. The van der Waals surface area contributed by atoms with E-state index >= 15 is 0 Å². The molecule has 26 heavy (non-hydrogen) atoms. The smallest absolute Gasteiger partial charge is 0.316 e. The number of carbonyl (C=O) groups is 2. The van der Waals surface area contributed by atoms with Crippen molar-refractivity contribution in [3.8, 4) is 0 Å². The molecule has 0 radical (unpaired) electrons. The predicted octanol–water partition coefficient (Wildman–Crippen LogP) is 3.33. The predicted molar refractivity (Wildman–Crippen MR) is 100 cm³/mol. The van der Waals surface area contributed by atoms with Crippen LogP contribution in [0.5, 0.6) is 0 Å². The summed E-state index contributed by atoms with van der Waals surface area (Å²) in [5, 5.41) is 10.2. The van der Waals surface area contributed by atoms with Crippen LogP contribution in [0.4, 0.5) is 16.3 Å². The Hall–Kier alpha value is -3.32. The molecule has 0 bridgehead atoms. The summed E-state index contributed by atoms with van der Waals surface area (Å²) in [5.74, 6) is 0.290. The van der Waals surface area contributed by atoms with Crippen molar-refractivity contribution in [3.63, 3.8) is 0 Å². The average Bonchev–Trinajstić information content (AvgIpc) is 3.04. The van der Waals surface area contributed by atoms with Gasteiger partial charge < -0.3 is 16.4 Å². The molecule has 0 aliphatic heterocycles. The highest BCUT2D eigenvalue weighted by molar-refractivity contribution is 6.30. The fourth-order valence-corrected chi connectivity index (χ4v) is 2.49. The van der Waals surface area contributed by atoms with Crippen LogP contribution in [0.3, 0.4) is 0 Å². The molecule has 0 saturated carbocycles. The lowest BCUT2D eigenvalue weighted by atomic mass is 10.2. The minimum Gasteiger partial charge on any atom is -0.351 e. The van der Waals surface area contributed by atoms with Gasteiger partial charge in [0.15, 0.2) is 0 Å². The van der Waals surface area contributed by atoms with Crippen molar-refractivity contribution < 1.29 is 9.59 Å². The van der Waals surface area contributed by atoms with Crippen molar-refractivity contribution >= 4 is 35.0 Å². The summed E-state index contributed by atoms with van der Waals surface area (Å²) in [5.41, 5.74) is 7.02. The molecule has 8 heteroatoms. The molecule has 0 aliphatic rings. The number of primary amides is 1. The second kappa shape index (κ2) is 7.71. The largest absolute Gasteiger partial charge is 0.351 e. The van der Waals surface area contributed by atoms with E-state index in [1.165, 1.54) is 0 Å². The molecule has 3 amide bonds. The Balaban J connectivity index is 1.69. The summed E-state index contributed by atoms with van der Waals surface area (Å²) >= 11 is 5.89. The van der Waals surface area contributed by atoms with Crippen LogP contribution >= 0.6 is 11.6 Å². The number of anilines is 2. The number of carbonyl (C=O) groups excluding carboxylic acids is 2. The van der Waals surface area contributed by atoms with Gasteiger partial charge in [0.1, 0.15) is 5.82 Å². The molecule has 1 heterocycles. The summed E-state index contributed by atoms with van der Waals surface area (Å²) < 4.78 is 1.68. The van der Waals surface area contributed by atoms with Crippen LogP contribution in [0, 0.1) is 0 Å². The SMILES string of the molecule is NC(=O)Nc1ccc(C(=O)Nc2ccnn2Cc2ccc(Cl)cc2)cc1. The van der Waals surface area contributed by atoms with E-state index in [1.807, 2.05) is 12.1 Å². The third kappa shape index (κ3) is 4.40. The zero-order chi connectivity index (χ0) is 18.5. The normalized spacial score (nSPS) is 10.3. The number of hydrogen-bond acceptors (Lipinski definition) is 3. The number of halogens is 1. The van der Waals surface area contributed by atoms with Gasteiger partial charge in [-0.05, 0) is 42.0 Å². The van der Waals surface area contributed by atoms with Gasteiger partial charge in [-0.2, -0.15) is 5.10 Å². The maximum Gasteiger partial charge on any atom is 0.316 e. The molecule has 7 nitrogen and oxygen atoms in total. The molecule has 0 fully saturated rings. The summed E-state index contributed by atoms with van der Waals surface area (Å²) in [6.45, 7) is 0.501. The first-order chi connectivity index (χ1) is 12.5. The van der Waals surface area contributed by atoms with Crippen molar-refractivity contribution in [2.24, 2.45) is 5.73 Å². The van der Waals surface area contributed by atoms with E-state index in [1.54, 1.807) is 53.3 Å². The molecule has 0 spiro atoms. The second-order valence-corrected chi connectivity index (χ2v) is 5.96. The Bertz CT molecular complexity index is 920. The lowest BCUT2D eigenvalue weighted by Gasteiger charge is -2.10. The number of amides is 3. The third-order valence-corrected chi connectivity index (χ3v) is 3.87. The lowest BCUT2D eigenvalue weighted by Crippen LogP contribution is -2.19. The van der Waals surface area contributed by atoms with Gasteiger partial charge >= 0.3 is 6.03 Å². The molecule has 3 aromatic rings. The molecule has 0 unspecified atom stereocenters. The molecule has 0 saturated heterocycles. The van der Waals surface area contributed by atoms with E-state index in [9.17, 15) is 9.59 Å². The van der Waals surface area contributed by atoms with E-state index in [0.717, 1.165) is 5.56 Å². The highest BCUT2D eigenvalue weighted by Crippen LogP contribution is 2.15. The van der Waals surface area contributed by atoms with Gasteiger partial charge in [0, 0.05) is 22.3 Å². The van der Waals surface area contributed by atoms with E-state index < -0.39 is 6.03 Å². The average molecular weight is 370 g/mol. The van der Waals surface area contributed by atoms with Crippen LogP contribution in [0.15, 0.2) is 60.8 Å². The first-order valence-electron chi connectivity index (χ1n) is 7.75. The van der Waals surface area contributed by atoms with Gasteiger partial charge in [-0.15, -0.1) is 0 Å². The van der Waals surface area contributed by atoms with E-state index in [2.05, 4.69) is 15.7 Å². The summed E-state index contributed by atoms with van der Waals surface area (Å²) in [7, 11) is 0. The van der Waals surface area contributed by atoms with Crippen molar-refractivity contribution in [1.29, 1.82) is 0 Å². The Morgan fingerprint density at radius 1 is 1.00 bits per heavy atom. The Labute approximate surface area is 154 Å². The Morgan fingerprint density at radius 3 is 2.35 bits per heavy atom. The summed E-state index contributed by atoms with van der Waals surface area (Å²) in [6, 6.07) is 14.9. The standard InChI is InChI=1S/C18H16ClN5O2/c19-14-5-1-12(2-6-14)11-24-16(9-10-21-24)23-17(25)13-3-7-15(8-4-13)22-18(20)26/h1-10H,11H2,(H,23,25)(H3,20,22,26). The number of rotatable bonds is 5. The van der Waals surface area contributed by atoms with Crippen molar-refractivity contribution in [1.82, 2.24) is 9.78 Å².